The molecule has 3 N–H and O–H groups in total. The molecule has 1 saturated carbocycles. The molecule has 1 aromatic carbocycles. The fourth-order valence-electron chi connectivity index (χ4n) is 5.44. The largest absolute Gasteiger partial charge is 0.497 e. The van der Waals surface area contributed by atoms with E-state index in [1.165, 1.54) is 0 Å². The highest BCUT2D eigenvalue weighted by Crippen LogP contribution is 2.47. The first-order valence-electron chi connectivity index (χ1n) is 12.3. The van der Waals surface area contributed by atoms with E-state index in [1.54, 1.807) is 19.1 Å². The van der Waals surface area contributed by atoms with Crippen molar-refractivity contribution >= 4 is 17.8 Å². The predicted molar refractivity (Wildman–Crippen MR) is 131 cm³/mol. The summed E-state index contributed by atoms with van der Waals surface area (Å²) in [5.41, 5.74) is 0.0450. The van der Waals surface area contributed by atoms with Gasteiger partial charge >= 0.3 is 0 Å². The lowest BCUT2D eigenvalue weighted by Gasteiger charge is -2.42. The third-order valence-electron chi connectivity index (χ3n) is 7.17. The molecule has 1 aliphatic carbocycles. The van der Waals surface area contributed by atoms with E-state index in [2.05, 4.69) is 10.6 Å². The van der Waals surface area contributed by atoms with Gasteiger partial charge in [-0.15, -0.1) is 0 Å². The SMILES string of the molecule is COCCC([C@@H]1C[C@H]1C(=O)NC1CC(C)(C)Oc2cc(OC)ccc21)N1C(=N)NC(C)(C)CC1=O. The second kappa shape index (κ2) is 9.33. The second-order valence-corrected chi connectivity index (χ2v) is 11.2. The van der Waals surface area contributed by atoms with Crippen molar-refractivity contribution in [2.24, 2.45) is 11.8 Å². The van der Waals surface area contributed by atoms with E-state index in [-0.39, 0.29) is 41.7 Å². The Morgan fingerprint density at radius 3 is 2.71 bits per heavy atom. The van der Waals surface area contributed by atoms with Crippen molar-refractivity contribution in [2.75, 3.05) is 20.8 Å². The Morgan fingerprint density at radius 2 is 2.06 bits per heavy atom. The van der Waals surface area contributed by atoms with Crippen molar-refractivity contribution in [3.63, 3.8) is 0 Å². The number of fused-ring (bicyclic) bond motifs is 1. The molecule has 1 saturated heterocycles. The van der Waals surface area contributed by atoms with Crippen molar-refractivity contribution in [3.8, 4) is 11.5 Å². The van der Waals surface area contributed by atoms with Gasteiger partial charge in [0.2, 0.25) is 11.8 Å². The molecular formula is C26H38N4O5. The number of rotatable bonds is 8. The quantitative estimate of drug-likeness (QED) is 0.521. The number of hydrogen-bond acceptors (Lipinski definition) is 6. The number of nitrogens with zero attached hydrogens (tertiary/aromatic N) is 1. The van der Waals surface area contributed by atoms with E-state index in [9.17, 15) is 9.59 Å². The topological polar surface area (TPSA) is 113 Å². The van der Waals surface area contributed by atoms with Gasteiger partial charge in [-0.25, -0.2) is 0 Å². The maximum Gasteiger partial charge on any atom is 0.231 e. The number of amides is 2. The summed E-state index contributed by atoms with van der Waals surface area (Å²) in [6.07, 6.45) is 2.22. The molecular weight excluding hydrogens is 448 g/mol. The minimum absolute atomic E-state index is 0.0133. The molecule has 4 rings (SSSR count). The summed E-state index contributed by atoms with van der Waals surface area (Å²) in [5.74, 6) is 1.21. The van der Waals surface area contributed by atoms with Crippen LogP contribution in [0.5, 0.6) is 11.5 Å². The molecule has 4 atom stereocenters. The fourth-order valence-corrected chi connectivity index (χ4v) is 5.44. The molecule has 0 bridgehead atoms. The summed E-state index contributed by atoms with van der Waals surface area (Å²) in [7, 11) is 3.24. The van der Waals surface area contributed by atoms with Gasteiger partial charge in [0.15, 0.2) is 5.96 Å². The van der Waals surface area contributed by atoms with Gasteiger partial charge in [0.05, 0.1) is 13.2 Å². The van der Waals surface area contributed by atoms with Gasteiger partial charge in [-0.2, -0.15) is 0 Å². The number of methoxy groups -OCH3 is 2. The summed E-state index contributed by atoms with van der Waals surface area (Å²) >= 11 is 0. The molecule has 3 aliphatic rings. The summed E-state index contributed by atoms with van der Waals surface area (Å²) < 4.78 is 16.8. The monoisotopic (exact) mass is 486 g/mol. The molecule has 1 aromatic rings. The third kappa shape index (κ3) is 5.39. The Kier molecular flexibility index (Phi) is 6.74. The van der Waals surface area contributed by atoms with Gasteiger partial charge in [-0.05, 0) is 58.6 Å². The second-order valence-electron chi connectivity index (χ2n) is 11.2. The molecule has 0 aromatic heterocycles. The normalized spacial score (nSPS) is 27.3. The predicted octanol–water partition coefficient (Wildman–Crippen LogP) is 2.99. The zero-order chi connectivity index (χ0) is 25.5. The Hall–Kier alpha value is -2.81. The van der Waals surface area contributed by atoms with Crippen LogP contribution in [0.4, 0.5) is 0 Å². The summed E-state index contributed by atoms with van der Waals surface area (Å²) in [5, 5.41) is 14.9. The molecule has 2 unspecified atom stereocenters. The Morgan fingerprint density at radius 1 is 1.31 bits per heavy atom. The van der Waals surface area contributed by atoms with Crippen LogP contribution >= 0.6 is 0 Å². The Labute approximate surface area is 207 Å². The van der Waals surface area contributed by atoms with Crippen molar-refractivity contribution < 1.29 is 23.8 Å². The van der Waals surface area contributed by atoms with E-state index in [0.717, 1.165) is 11.3 Å². The Balaban J connectivity index is 1.49. The maximum atomic E-state index is 13.4. The summed E-state index contributed by atoms with van der Waals surface area (Å²) in [6.45, 7) is 8.31. The lowest BCUT2D eigenvalue weighted by molar-refractivity contribution is -0.133. The number of ether oxygens (including phenoxy) is 3. The minimum Gasteiger partial charge on any atom is -0.497 e. The summed E-state index contributed by atoms with van der Waals surface area (Å²) in [4.78, 5) is 27.9. The molecule has 0 radical (unpaired) electrons. The highest BCUT2D eigenvalue weighted by molar-refractivity contribution is 5.99. The highest BCUT2D eigenvalue weighted by atomic mass is 16.5. The first-order valence-corrected chi connectivity index (χ1v) is 12.3. The van der Waals surface area contributed by atoms with Crippen molar-refractivity contribution in [1.29, 1.82) is 5.41 Å². The first kappa shape index (κ1) is 25.3. The number of benzene rings is 1. The molecule has 9 heteroatoms. The van der Waals surface area contributed by atoms with E-state index in [4.69, 9.17) is 19.6 Å². The molecule has 192 valence electrons. The zero-order valence-corrected chi connectivity index (χ0v) is 21.6. The summed E-state index contributed by atoms with van der Waals surface area (Å²) in [6, 6.07) is 5.25. The number of hydrogen-bond donors (Lipinski definition) is 3. The molecule has 9 nitrogen and oxygen atoms in total. The molecule has 0 spiro atoms. The van der Waals surface area contributed by atoms with Gasteiger partial charge < -0.3 is 24.8 Å². The lowest BCUT2D eigenvalue weighted by Crippen LogP contribution is -2.63. The van der Waals surface area contributed by atoms with Crippen LogP contribution in [0.3, 0.4) is 0 Å². The van der Waals surface area contributed by atoms with Crippen LogP contribution in [0, 0.1) is 17.2 Å². The van der Waals surface area contributed by atoms with Crippen LogP contribution in [0.25, 0.3) is 0 Å². The van der Waals surface area contributed by atoms with Crippen molar-refractivity contribution in [3.05, 3.63) is 23.8 Å². The standard InChI is InChI=1S/C26H38N4O5/c1-25(2)14-22(31)30(24(27)29-25)20(9-10-33-5)17-12-18(17)23(32)28-19-13-26(3,4)35-21-11-15(34-6)7-8-16(19)21/h7-8,11,17-20H,9-10,12-14H2,1-6H3,(H2,27,29)(H,28,32)/t17-,18-,19?,20?/m1/s1. The first-order chi connectivity index (χ1) is 16.4. The fraction of sp³-hybridized carbons (Fsp3) is 0.654. The van der Waals surface area contributed by atoms with E-state index < -0.39 is 11.1 Å². The van der Waals surface area contributed by atoms with Gasteiger partial charge in [-0.3, -0.25) is 19.9 Å². The van der Waals surface area contributed by atoms with E-state index in [1.807, 2.05) is 45.9 Å². The van der Waals surface area contributed by atoms with Crippen LogP contribution in [-0.4, -0.2) is 60.7 Å². The maximum absolute atomic E-state index is 13.4. The number of nitrogens with one attached hydrogen (secondary N) is 3. The van der Waals surface area contributed by atoms with Gasteiger partial charge in [0, 0.05) is 55.7 Å². The van der Waals surface area contributed by atoms with Crippen LogP contribution in [0.2, 0.25) is 0 Å². The molecule has 2 aliphatic heterocycles. The van der Waals surface area contributed by atoms with E-state index in [0.29, 0.717) is 38.0 Å². The molecule has 35 heavy (non-hydrogen) atoms. The number of guanidine groups is 1. The third-order valence-corrected chi connectivity index (χ3v) is 7.17. The number of carbonyl (C=O) groups is 2. The molecule has 2 fully saturated rings. The van der Waals surface area contributed by atoms with E-state index >= 15 is 0 Å². The average Bonchev–Trinajstić information content (AvgIpc) is 3.54. The van der Waals surface area contributed by atoms with Crippen LogP contribution in [-0.2, 0) is 14.3 Å². The zero-order valence-electron chi connectivity index (χ0n) is 21.6. The molecule has 2 heterocycles. The van der Waals surface area contributed by atoms with Crippen LogP contribution < -0.4 is 20.1 Å². The van der Waals surface area contributed by atoms with Gasteiger partial charge in [-0.1, -0.05) is 0 Å². The molecule has 2 amide bonds. The van der Waals surface area contributed by atoms with Crippen LogP contribution in [0.1, 0.15) is 65.0 Å². The minimum atomic E-state index is -0.456. The Bertz CT molecular complexity index is 987. The van der Waals surface area contributed by atoms with Gasteiger partial charge in [0.1, 0.15) is 17.1 Å². The average molecular weight is 487 g/mol. The van der Waals surface area contributed by atoms with Crippen molar-refractivity contribution in [1.82, 2.24) is 15.5 Å². The van der Waals surface area contributed by atoms with Crippen molar-refractivity contribution in [2.45, 2.75) is 76.6 Å². The number of carbonyl (C=O) groups excluding carboxylic acids is 2. The van der Waals surface area contributed by atoms with Crippen LogP contribution in [0.15, 0.2) is 18.2 Å². The van der Waals surface area contributed by atoms with Gasteiger partial charge in [0.25, 0.3) is 0 Å². The highest BCUT2D eigenvalue weighted by Gasteiger charge is 2.53. The lowest BCUT2D eigenvalue weighted by atomic mass is 9.89. The smallest absolute Gasteiger partial charge is 0.231 e.